The molecule has 0 radical (unpaired) electrons. The number of ether oxygens (including phenoxy) is 2. The third-order valence-corrected chi connectivity index (χ3v) is 4.15. The smallest absolute Gasteiger partial charge is 0.311 e. The summed E-state index contributed by atoms with van der Waals surface area (Å²) in [5.41, 5.74) is 5.87. The molecule has 1 aliphatic rings. The molecule has 1 aliphatic heterocycles. The number of aliphatic hydroxyl groups excluding tert-OH is 1. The predicted molar refractivity (Wildman–Crippen MR) is 77.3 cm³/mol. The maximum Gasteiger partial charge on any atom is 0.311 e. The Morgan fingerprint density at radius 3 is 3.18 bits per heavy atom. The Kier molecular flexibility index (Phi) is 3.81. The first-order chi connectivity index (χ1) is 10.5. The van der Waals surface area contributed by atoms with Gasteiger partial charge < -0.3 is 20.3 Å². The lowest BCUT2D eigenvalue weighted by molar-refractivity contribution is -0.146. The largest absolute Gasteiger partial charge is 0.463 e. The molecule has 2 aromatic rings. The molecule has 0 bridgehead atoms. The van der Waals surface area contributed by atoms with Gasteiger partial charge >= 0.3 is 10.8 Å². The van der Waals surface area contributed by atoms with E-state index in [0.717, 1.165) is 11.3 Å². The number of aromatic nitrogens is 3. The first-order valence-corrected chi connectivity index (χ1v) is 7.38. The maximum absolute atomic E-state index is 12.2. The number of esters is 1. The molecule has 3 heterocycles. The van der Waals surface area contributed by atoms with Gasteiger partial charge in [-0.25, -0.2) is 4.98 Å². The highest BCUT2D eigenvalue weighted by atomic mass is 32.1. The molecule has 0 amide bonds. The van der Waals surface area contributed by atoms with Crippen molar-refractivity contribution >= 4 is 33.6 Å². The van der Waals surface area contributed by atoms with Crippen LogP contribution < -0.4 is 10.6 Å². The minimum absolute atomic E-state index is 0.0246. The van der Waals surface area contributed by atoms with Crippen LogP contribution in [0.2, 0.25) is 0 Å². The van der Waals surface area contributed by atoms with Gasteiger partial charge in [-0.2, -0.15) is 4.98 Å². The first kappa shape index (κ1) is 14.9. The van der Waals surface area contributed by atoms with Crippen LogP contribution in [0.5, 0.6) is 0 Å². The highest BCUT2D eigenvalue weighted by Crippen LogP contribution is 2.31. The second-order valence-electron chi connectivity index (χ2n) is 4.91. The average Bonchev–Trinajstić information content (AvgIpc) is 2.95. The van der Waals surface area contributed by atoms with Crippen LogP contribution in [0.25, 0.3) is 10.3 Å². The lowest BCUT2D eigenvalue weighted by atomic mass is 10.2. The normalized spacial score (nSPS) is 24.7. The van der Waals surface area contributed by atoms with E-state index in [9.17, 15) is 14.7 Å². The van der Waals surface area contributed by atoms with Crippen molar-refractivity contribution in [3.05, 3.63) is 15.9 Å². The van der Waals surface area contributed by atoms with Crippen molar-refractivity contribution in [3.63, 3.8) is 0 Å². The zero-order valence-corrected chi connectivity index (χ0v) is 12.4. The van der Waals surface area contributed by atoms with Crippen molar-refractivity contribution in [1.29, 1.82) is 0 Å². The van der Waals surface area contributed by atoms with E-state index >= 15 is 0 Å². The molecule has 9 nitrogen and oxygen atoms in total. The molecule has 3 N–H and O–H groups in total. The lowest BCUT2D eigenvalue weighted by Gasteiger charge is -2.16. The van der Waals surface area contributed by atoms with Crippen LogP contribution in [0.4, 0.5) is 5.95 Å². The van der Waals surface area contributed by atoms with E-state index in [1.54, 1.807) is 0 Å². The van der Waals surface area contributed by atoms with Crippen LogP contribution in [0.3, 0.4) is 0 Å². The highest BCUT2D eigenvalue weighted by molar-refractivity contribution is 7.16. The summed E-state index contributed by atoms with van der Waals surface area (Å²) < 4.78 is 12.3. The number of thiazole rings is 1. The van der Waals surface area contributed by atoms with Crippen molar-refractivity contribution in [3.8, 4) is 0 Å². The fraction of sp³-hybridized carbons (Fsp3) is 0.500. The summed E-state index contributed by atoms with van der Waals surface area (Å²) in [6, 6.07) is 0. The zero-order valence-electron chi connectivity index (χ0n) is 11.6. The van der Waals surface area contributed by atoms with Crippen molar-refractivity contribution in [1.82, 2.24) is 14.5 Å². The van der Waals surface area contributed by atoms with E-state index in [1.165, 1.54) is 17.7 Å². The monoisotopic (exact) mass is 326 g/mol. The van der Waals surface area contributed by atoms with E-state index in [4.69, 9.17) is 15.2 Å². The van der Waals surface area contributed by atoms with Crippen LogP contribution in [-0.4, -0.2) is 44.4 Å². The Balaban J connectivity index is 1.91. The Morgan fingerprint density at radius 1 is 1.68 bits per heavy atom. The van der Waals surface area contributed by atoms with E-state index < -0.39 is 24.4 Å². The zero-order chi connectivity index (χ0) is 15.9. The molecule has 1 fully saturated rings. The number of hydrogen-bond acceptors (Lipinski definition) is 9. The molecule has 2 aromatic heterocycles. The van der Waals surface area contributed by atoms with Crippen LogP contribution in [0.15, 0.2) is 11.0 Å². The number of carbonyl (C=O) groups excluding carboxylic acids is 1. The first-order valence-electron chi connectivity index (χ1n) is 6.56. The summed E-state index contributed by atoms with van der Waals surface area (Å²) in [4.78, 5) is 30.5. The Morgan fingerprint density at radius 2 is 2.45 bits per heavy atom. The standard InChI is InChI=1S/C12H14N4O5S/c1-5(17)20-4-6-2-7(18)10(21-6)16-9-8(22-12(16)19)3-14-11(13)15-9/h3,6-7,10,18H,2,4H2,1H3,(H2,13,14,15)/t6-,7+,10+/m0/s1. The van der Waals surface area contributed by atoms with E-state index in [0.29, 0.717) is 10.3 Å². The Bertz CT molecular complexity index is 772. The molecule has 3 rings (SSSR count). The molecule has 0 aliphatic carbocycles. The van der Waals surface area contributed by atoms with Crippen molar-refractivity contribution in [2.75, 3.05) is 12.3 Å². The minimum Gasteiger partial charge on any atom is -0.463 e. The van der Waals surface area contributed by atoms with Gasteiger partial charge in [0.15, 0.2) is 11.9 Å². The number of aliphatic hydroxyl groups is 1. The number of nitrogens with zero attached hydrogens (tertiary/aromatic N) is 3. The van der Waals surface area contributed by atoms with Gasteiger partial charge in [0.2, 0.25) is 5.95 Å². The van der Waals surface area contributed by atoms with Crippen molar-refractivity contribution in [2.45, 2.75) is 31.8 Å². The third-order valence-electron chi connectivity index (χ3n) is 3.27. The fourth-order valence-electron chi connectivity index (χ4n) is 2.35. The van der Waals surface area contributed by atoms with Crippen molar-refractivity contribution < 1.29 is 19.4 Å². The Labute approximate surface area is 128 Å². The number of nitrogen functional groups attached to an aromatic ring is 1. The van der Waals surface area contributed by atoms with Gasteiger partial charge in [0.25, 0.3) is 0 Å². The topological polar surface area (TPSA) is 130 Å². The Hall–Kier alpha value is -2.04. The third kappa shape index (κ3) is 2.67. The second-order valence-corrected chi connectivity index (χ2v) is 5.90. The molecule has 22 heavy (non-hydrogen) atoms. The molecule has 0 spiro atoms. The summed E-state index contributed by atoms with van der Waals surface area (Å²) in [5, 5.41) is 10.2. The SMILES string of the molecule is CC(=O)OC[C@@H]1C[C@@H](O)[C@H](n2c(=O)sc3cnc(N)nc32)O1. The van der Waals surface area contributed by atoms with E-state index in [-0.39, 0.29) is 23.8 Å². The molecule has 10 heteroatoms. The lowest BCUT2D eigenvalue weighted by Crippen LogP contribution is -2.27. The molecular formula is C12H14N4O5S. The molecule has 3 atom stereocenters. The summed E-state index contributed by atoms with van der Waals surface area (Å²) in [5.74, 6) is -0.400. The molecular weight excluding hydrogens is 312 g/mol. The molecule has 0 unspecified atom stereocenters. The number of carbonyl (C=O) groups is 1. The maximum atomic E-state index is 12.2. The summed E-state index contributed by atoms with van der Waals surface area (Å²) >= 11 is 0.946. The number of nitrogens with two attached hydrogens (primary N) is 1. The van der Waals surface area contributed by atoms with Gasteiger partial charge in [-0.05, 0) is 0 Å². The van der Waals surface area contributed by atoms with Crippen molar-refractivity contribution in [2.24, 2.45) is 0 Å². The molecule has 0 saturated carbocycles. The van der Waals surface area contributed by atoms with Crippen LogP contribution in [0.1, 0.15) is 19.6 Å². The van der Waals surface area contributed by atoms with Crippen LogP contribution in [0, 0.1) is 0 Å². The molecule has 1 saturated heterocycles. The van der Waals surface area contributed by atoms with Gasteiger partial charge in [-0.1, -0.05) is 11.3 Å². The van der Waals surface area contributed by atoms with E-state index in [1.807, 2.05) is 0 Å². The minimum atomic E-state index is -0.910. The van der Waals surface area contributed by atoms with Gasteiger partial charge in [-0.15, -0.1) is 0 Å². The van der Waals surface area contributed by atoms with Gasteiger partial charge in [0, 0.05) is 13.3 Å². The van der Waals surface area contributed by atoms with Gasteiger partial charge in [-0.3, -0.25) is 14.2 Å². The molecule has 0 aromatic carbocycles. The summed E-state index contributed by atoms with van der Waals surface area (Å²) in [7, 11) is 0. The summed E-state index contributed by atoms with van der Waals surface area (Å²) in [6.07, 6.45) is -0.575. The van der Waals surface area contributed by atoms with E-state index in [2.05, 4.69) is 9.97 Å². The molecule has 118 valence electrons. The summed E-state index contributed by atoms with van der Waals surface area (Å²) in [6.45, 7) is 1.32. The average molecular weight is 326 g/mol. The number of hydrogen-bond donors (Lipinski definition) is 2. The fourth-order valence-corrected chi connectivity index (χ4v) is 3.17. The number of anilines is 1. The van der Waals surface area contributed by atoms with Crippen LogP contribution in [-0.2, 0) is 14.3 Å². The quantitative estimate of drug-likeness (QED) is 0.732. The van der Waals surface area contributed by atoms with Gasteiger partial charge in [0.05, 0.1) is 17.0 Å². The predicted octanol–water partition coefficient (Wildman–Crippen LogP) is -0.353. The second kappa shape index (κ2) is 5.63. The highest BCUT2D eigenvalue weighted by Gasteiger charge is 2.37. The van der Waals surface area contributed by atoms with Gasteiger partial charge in [0.1, 0.15) is 12.7 Å². The van der Waals surface area contributed by atoms with Crippen LogP contribution >= 0.6 is 11.3 Å². The number of rotatable bonds is 3. The number of fused-ring (bicyclic) bond motifs is 1.